The molecule has 0 amide bonds. The molecule has 6 heteroatoms. The summed E-state index contributed by atoms with van der Waals surface area (Å²) >= 11 is 0. The highest BCUT2D eigenvalue weighted by atomic mass is 32.2. The molecule has 1 N–H and O–H groups in total. The van der Waals surface area contributed by atoms with Crippen molar-refractivity contribution in [3.05, 3.63) is 0 Å². The first-order valence-electron chi connectivity index (χ1n) is 7.17. The molecular weight excluding hydrogens is 266 g/mol. The minimum Gasteiger partial charge on any atom is -0.379 e. The lowest BCUT2D eigenvalue weighted by Crippen LogP contribution is -2.66. The van der Waals surface area contributed by atoms with E-state index in [9.17, 15) is 13.0 Å². The fourth-order valence-electron chi connectivity index (χ4n) is 3.88. The Balaban J connectivity index is 2.43. The number of hydrogen-bond acceptors (Lipinski definition) is 4. The molecule has 2 fully saturated rings. The molecule has 2 aliphatic rings. The van der Waals surface area contributed by atoms with Crippen LogP contribution >= 0.6 is 0 Å². The first-order chi connectivity index (χ1) is 8.87. The Bertz CT molecular complexity index is 410. The fraction of sp³-hybridized carbons (Fsp3) is 1.00. The van der Waals surface area contributed by atoms with Crippen LogP contribution in [0.4, 0.5) is 0 Å². The molecule has 0 aromatic carbocycles. The van der Waals surface area contributed by atoms with Gasteiger partial charge in [0.15, 0.2) is 0 Å². The van der Waals surface area contributed by atoms with Crippen LogP contribution in [0.2, 0.25) is 0 Å². The number of morpholine rings is 1. The van der Waals surface area contributed by atoms with Crippen molar-refractivity contribution in [2.24, 2.45) is 0 Å². The maximum Gasteiger partial charge on any atom is 0.272 e. The van der Waals surface area contributed by atoms with Crippen molar-refractivity contribution in [1.82, 2.24) is 4.90 Å². The lowest BCUT2D eigenvalue weighted by molar-refractivity contribution is -0.0376. The number of nitrogens with zero attached hydrogens (tertiary/aromatic N) is 1. The molecule has 1 aliphatic carbocycles. The first kappa shape index (κ1) is 15.2. The minimum atomic E-state index is -4.09. The van der Waals surface area contributed by atoms with Gasteiger partial charge < -0.3 is 4.74 Å². The number of rotatable bonds is 4. The van der Waals surface area contributed by atoms with Gasteiger partial charge in [0, 0.05) is 18.6 Å². The van der Waals surface area contributed by atoms with Crippen LogP contribution in [0.25, 0.3) is 0 Å². The molecule has 112 valence electrons. The standard InChI is InChI=1S/C13H25NO4S/c1-3-12(2,19(15,16)17)13(6-4-5-7-13)14-8-10-18-11-9-14/h3-11H2,1-2H3,(H,15,16,17). The van der Waals surface area contributed by atoms with Crippen LogP contribution in [0.15, 0.2) is 0 Å². The van der Waals surface area contributed by atoms with E-state index in [1.807, 2.05) is 6.92 Å². The third-order valence-corrected chi connectivity index (χ3v) is 7.08. The molecule has 1 aliphatic heterocycles. The summed E-state index contributed by atoms with van der Waals surface area (Å²) in [6.45, 7) is 6.37. The fourth-order valence-corrected chi connectivity index (χ4v) is 5.06. The quantitative estimate of drug-likeness (QED) is 0.798. The molecule has 2 rings (SSSR count). The SMILES string of the molecule is CCC(C)(C1(N2CCOCC2)CCCC1)S(=O)(=O)O. The zero-order valence-corrected chi connectivity index (χ0v) is 12.7. The van der Waals surface area contributed by atoms with Gasteiger partial charge in [-0.05, 0) is 26.2 Å². The van der Waals surface area contributed by atoms with Crippen molar-refractivity contribution >= 4 is 10.1 Å². The molecule has 19 heavy (non-hydrogen) atoms. The number of hydrogen-bond donors (Lipinski definition) is 1. The largest absolute Gasteiger partial charge is 0.379 e. The molecule has 1 saturated carbocycles. The Morgan fingerprint density at radius 1 is 1.26 bits per heavy atom. The van der Waals surface area contributed by atoms with Crippen LogP contribution in [0.5, 0.6) is 0 Å². The van der Waals surface area contributed by atoms with Crippen LogP contribution in [-0.4, -0.2) is 54.5 Å². The lowest BCUT2D eigenvalue weighted by atomic mass is 9.79. The van der Waals surface area contributed by atoms with E-state index in [0.717, 1.165) is 38.8 Å². The van der Waals surface area contributed by atoms with Crippen molar-refractivity contribution in [3.63, 3.8) is 0 Å². The summed E-state index contributed by atoms with van der Waals surface area (Å²) in [5, 5.41) is 0. The van der Waals surface area contributed by atoms with Crippen molar-refractivity contribution in [2.75, 3.05) is 26.3 Å². The zero-order valence-electron chi connectivity index (χ0n) is 11.9. The third kappa shape index (κ3) is 2.33. The Morgan fingerprint density at radius 3 is 2.21 bits per heavy atom. The van der Waals surface area contributed by atoms with Crippen LogP contribution in [0.3, 0.4) is 0 Å². The highest BCUT2D eigenvalue weighted by Gasteiger charge is 2.58. The lowest BCUT2D eigenvalue weighted by Gasteiger charge is -2.52. The molecule has 0 aromatic heterocycles. The highest BCUT2D eigenvalue weighted by Crippen LogP contribution is 2.48. The summed E-state index contributed by atoms with van der Waals surface area (Å²) in [6.07, 6.45) is 4.18. The Morgan fingerprint density at radius 2 is 1.79 bits per heavy atom. The smallest absolute Gasteiger partial charge is 0.272 e. The van der Waals surface area contributed by atoms with Gasteiger partial charge in [0.1, 0.15) is 4.75 Å². The normalized spacial score (nSPS) is 28.2. The maximum absolute atomic E-state index is 12.0. The second-order valence-electron chi connectivity index (χ2n) is 5.90. The summed E-state index contributed by atoms with van der Waals surface area (Å²) < 4.78 is 38.1. The molecule has 5 nitrogen and oxygen atoms in total. The van der Waals surface area contributed by atoms with Gasteiger partial charge in [-0.2, -0.15) is 8.42 Å². The van der Waals surface area contributed by atoms with Gasteiger partial charge in [-0.1, -0.05) is 19.8 Å². The van der Waals surface area contributed by atoms with Crippen molar-refractivity contribution in [1.29, 1.82) is 0 Å². The van der Waals surface area contributed by atoms with E-state index in [2.05, 4.69) is 4.90 Å². The van der Waals surface area contributed by atoms with Gasteiger partial charge in [0.2, 0.25) is 0 Å². The maximum atomic E-state index is 12.0. The van der Waals surface area contributed by atoms with E-state index >= 15 is 0 Å². The average molecular weight is 291 g/mol. The monoisotopic (exact) mass is 291 g/mol. The number of ether oxygens (including phenoxy) is 1. The molecule has 0 radical (unpaired) electrons. The molecule has 1 atom stereocenters. The molecule has 1 saturated heterocycles. The molecule has 0 spiro atoms. The second-order valence-corrected chi connectivity index (χ2v) is 7.75. The van der Waals surface area contributed by atoms with Crippen molar-refractivity contribution < 1.29 is 17.7 Å². The van der Waals surface area contributed by atoms with Gasteiger partial charge in [0.25, 0.3) is 10.1 Å². The first-order valence-corrected chi connectivity index (χ1v) is 8.61. The predicted molar refractivity (Wildman–Crippen MR) is 73.8 cm³/mol. The Hall–Kier alpha value is -0.170. The van der Waals surface area contributed by atoms with Crippen LogP contribution < -0.4 is 0 Å². The Kier molecular flexibility index (Phi) is 4.26. The van der Waals surface area contributed by atoms with Gasteiger partial charge in [0.05, 0.1) is 13.2 Å². The zero-order chi connectivity index (χ0) is 14.1. The van der Waals surface area contributed by atoms with E-state index in [1.165, 1.54) is 0 Å². The van der Waals surface area contributed by atoms with E-state index in [1.54, 1.807) is 6.92 Å². The minimum absolute atomic E-state index is 0.431. The van der Waals surface area contributed by atoms with E-state index in [4.69, 9.17) is 4.74 Å². The third-order valence-electron chi connectivity index (χ3n) is 5.28. The summed E-state index contributed by atoms with van der Waals surface area (Å²) in [6, 6.07) is 0. The van der Waals surface area contributed by atoms with Crippen molar-refractivity contribution in [3.8, 4) is 0 Å². The van der Waals surface area contributed by atoms with Crippen LogP contribution in [-0.2, 0) is 14.9 Å². The van der Waals surface area contributed by atoms with E-state index in [-0.39, 0.29) is 0 Å². The summed E-state index contributed by atoms with van der Waals surface area (Å²) in [5.41, 5.74) is -0.431. The second kappa shape index (κ2) is 5.31. The van der Waals surface area contributed by atoms with Gasteiger partial charge in [-0.15, -0.1) is 0 Å². The van der Waals surface area contributed by atoms with Gasteiger partial charge in [-0.3, -0.25) is 9.45 Å². The predicted octanol–water partition coefficient (Wildman–Crippen LogP) is 1.69. The Labute approximate surface area is 116 Å². The molecular formula is C13H25NO4S. The molecule has 0 aromatic rings. The van der Waals surface area contributed by atoms with Gasteiger partial charge in [-0.25, -0.2) is 0 Å². The van der Waals surface area contributed by atoms with Crippen LogP contribution in [0, 0.1) is 0 Å². The summed E-state index contributed by atoms with van der Waals surface area (Å²) in [4.78, 5) is 2.25. The van der Waals surface area contributed by atoms with E-state index in [0.29, 0.717) is 19.6 Å². The molecule has 1 unspecified atom stereocenters. The van der Waals surface area contributed by atoms with E-state index < -0.39 is 20.4 Å². The summed E-state index contributed by atoms with van der Waals surface area (Å²) in [7, 11) is -4.09. The van der Waals surface area contributed by atoms with Crippen LogP contribution in [0.1, 0.15) is 46.0 Å². The molecule has 0 bridgehead atoms. The van der Waals surface area contributed by atoms with Gasteiger partial charge >= 0.3 is 0 Å². The highest BCUT2D eigenvalue weighted by molar-refractivity contribution is 7.87. The topological polar surface area (TPSA) is 66.8 Å². The average Bonchev–Trinajstić information content (AvgIpc) is 2.88. The van der Waals surface area contributed by atoms with Crippen molar-refractivity contribution in [2.45, 2.75) is 56.2 Å². The molecule has 1 heterocycles. The summed E-state index contributed by atoms with van der Waals surface area (Å²) in [5.74, 6) is 0.